The average molecular weight is 348 g/mol. The number of hydrogen-bond acceptors (Lipinski definition) is 3. The molecule has 1 amide bonds. The second-order valence-corrected chi connectivity index (χ2v) is 5.31. The Morgan fingerprint density at radius 3 is 2.67 bits per heavy atom. The fourth-order valence-electron chi connectivity index (χ4n) is 2.18. The maximum Gasteiger partial charge on any atom is 0.251 e. The Balaban J connectivity index is 1.76. The molecule has 0 spiro atoms. The van der Waals surface area contributed by atoms with Crippen molar-refractivity contribution in [1.29, 1.82) is 0 Å². The third kappa shape index (κ3) is 3.03. The number of ether oxygens (including phenoxy) is 2. The summed E-state index contributed by atoms with van der Waals surface area (Å²) in [6.45, 7) is 0.203. The third-order valence-electron chi connectivity index (χ3n) is 3.30. The van der Waals surface area contributed by atoms with Gasteiger partial charge in [-0.05, 0) is 23.8 Å². The van der Waals surface area contributed by atoms with Crippen LogP contribution in [0.2, 0.25) is 0 Å². The van der Waals surface area contributed by atoms with E-state index in [1.165, 1.54) is 0 Å². The van der Waals surface area contributed by atoms with Crippen LogP contribution in [0.4, 0.5) is 0 Å². The highest BCUT2D eigenvalue weighted by molar-refractivity contribution is 9.09. The van der Waals surface area contributed by atoms with Gasteiger partial charge < -0.3 is 14.8 Å². The summed E-state index contributed by atoms with van der Waals surface area (Å²) in [4.78, 5) is 12.4. The quantitative estimate of drug-likeness (QED) is 0.863. The van der Waals surface area contributed by atoms with Crippen molar-refractivity contribution < 1.29 is 14.3 Å². The summed E-state index contributed by atoms with van der Waals surface area (Å²) in [7, 11) is 0. The number of carbonyl (C=O) groups is 1. The zero-order valence-electron chi connectivity index (χ0n) is 11.2. The Morgan fingerprint density at radius 2 is 1.90 bits per heavy atom. The molecule has 2 aromatic rings. The highest BCUT2D eigenvalue weighted by Crippen LogP contribution is 2.32. The van der Waals surface area contributed by atoms with Gasteiger partial charge in [0.15, 0.2) is 11.5 Å². The third-order valence-corrected chi connectivity index (χ3v) is 3.94. The second-order valence-electron chi connectivity index (χ2n) is 4.66. The number of carbonyl (C=O) groups excluding carboxylic acids is 1. The molecule has 2 aromatic carbocycles. The fourth-order valence-corrected chi connectivity index (χ4v) is 2.71. The Bertz CT molecular complexity index is 645. The lowest BCUT2D eigenvalue weighted by molar-refractivity contribution is 0.0940. The molecule has 21 heavy (non-hydrogen) atoms. The lowest BCUT2D eigenvalue weighted by atomic mass is 10.1. The molecule has 0 fully saturated rings. The molecule has 4 nitrogen and oxygen atoms in total. The summed E-state index contributed by atoms with van der Waals surface area (Å²) in [5, 5.41) is 3.65. The topological polar surface area (TPSA) is 47.6 Å². The highest BCUT2D eigenvalue weighted by atomic mass is 79.9. The van der Waals surface area contributed by atoms with E-state index in [0.29, 0.717) is 22.4 Å². The van der Waals surface area contributed by atoms with Crippen molar-refractivity contribution in [3.63, 3.8) is 0 Å². The molecule has 3 rings (SSSR count). The normalized spacial score (nSPS) is 13.8. The zero-order chi connectivity index (χ0) is 14.7. The van der Waals surface area contributed by atoms with Crippen LogP contribution in [0.25, 0.3) is 0 Å². The first kappa shape index (κ1) is 13.9. The van der Waals surface area contributed by atoms with Crippen molar-refractivity contribution in [3.8, 4) is 11.5 Å². The molecular weight excluding hydrogens is 334 g/mol. The predicted octanol–water partition coefficient (Wildman–Crippen LogP) is 3.28. The molecule has 0 saturated heterocycles. The van der Waals surface area contributed by atoms with Gasteiger partial charge in [0.05, 0.1) is 6.04 Å². The minimum Gasteiger partial charge on any atom is -0.454 e. The molecule has 5 heteroatoms. The van der Waals surface area contributed by atoms with E-state index in [2.05, 4.69) is 21.2 Å². The smallest absolute Gasteiger partial charge is 0.251 e. The van der Waals surface area contributed by atoms with Crippen LogP contribution in [0.3, 0.4) is 0 Å². The Kier molecular flexibility index (Phi) is 4.10. The zero-order valence-corrected chi connectivity index (χ0v) is 12.8. The molecule has 1 N–H and O–H groups in total. The number of hydrogen-bond donors (Lipinski definition) is 1. The Hall–Kier alpha value is -2.01. The van der Waals surface area contributed by atoms with Crippen molar-refractivity contribution in [2.45, 2.75) is 6.04 Å². The van der Waals surface area contributed by atoms with Crippen LogP contribution in [-0.2, 0) is 0 Å². The molecule has 0 saturated carbocycles. The van der Waals surface area contributed by atoms with E-state index < -0.39 is 0 Å². The number of nitrogens with one attached hydrogen (secondary N) is 1. The maximum atomic E-state index is 12.4. The lowest BCUT2D eigenvalue weighted by Crippen LogP contribution is -2.29. The fraction of sp³-hybridized carbons (Fsp3) is 0.188. The van der Waals surface area contributed by atoms with Crippen molar-refractivity contribution in [3.05, 3.63) is 59.7 Å². The Morgan fingerprint density at radius 1 is 1.14 bits per heavy atom. The van der Waals surface area contributed by atoms with E-state index >= 15 is 0 Å². The van der Waals surface area contributed by atoms with E-state index in [-0.39, 0.29) is 18.7 Å². The summed E-state index contributed by atoms with van der Waals surface area (Å²) >= 11 is 3.44. The number of halogens is 1. The van der Waals surface area contributed by atoms with E-state index in [1.807, 2.05) is 30.3 Å². The average Bonchev–Trinajstić information content (AvgIpc) is 3.00. The molecule has 108 valence electrons. The summed E-state index contributed by atoms with van der Waals surface area (Å²) < 4.78 is 10.5. The maximum absolute atomic E-state index is 12.4. The molecule has 1 atom stereocenters. The first-order valence-electron chi connectivity index (χ1n) is 6.59. The molecule has 1 aliphatic rings. The minimum atomic E-state index is -0.137. The van der Waals surface area contributed by atoms with Crippen LogP contribution < -0.4 is 14.8 Å². The van der Waals surface area contributed by atoms with Crippen LogP contribution in [0.5, 0.6) is 11.5 Å². The number of amides is 1. The number of fused-ring (bicyclic) bond motifs is 1. The monoisotopic (exact) mass is 347 g/mol. The number of alkyl halides is 1. The predicted molar refractivity (Wildman–Crippen MR) is 83.0 cm³/mol. The highest BCUT2D eigenvalue weighted by Gasteiger charge is 2.18. The molecule has 1 aliphatic heterocycles. The SMILES string of the molecule is O=C(NC(CBr)c1ccccc1)c1ccc2c(c1)OCO2. The number of benzene rings is 2. The molecular formula is C16H14BrNO3. The van der Waals surface area contributed by atoms with E-state index in [1.54, 1.807) is 18.2 Å². The largest absolute Gasteiger partial charge is 0.454 e. The van der Waals surface area contributed by atoms with Crippen LogP contribution in [-0.4, -0.2) is 18.0 Å². The molecule has 1 unspecified atom stereocenters. The molecule has 1 heterocycles. The van der Waals surface area contributed by atoms with Gasteiger partial charge in [0.1, 0.15) is 0 Å². The van der Waals surface area contributed by atoms with Crippen LogP contribution >= 0.6 is 15.9 Å². The van der Waals surface area contributed by atoms with Gasteiger partial charge in [0, 0.05) is 10.9 Å². The van der Waals surface area contributed by atoms with Crippen molar-refractivity contribution >= 4 is 21.8 Å². The summed E-state index contributed by atoms with van der Waals surface area (Å²) in [5.74, 6) is 1.14. The van der Waals surface area contributed by atoms with Crippen LogP contribution in [0, 0.1) is 0 Å². The lowest BCUT2D eigenvalue weighted by Gasteiger charge is -2.16. The molecule has 0 aliphatic carbocycles. The molecule has 0 aromatic heterocycles. The van der Waals surface area contributed by atoms with Gasteiger partial charge in [-0.25, -0.2) is 0 Å². The van der Waals surface area contributed by atoms with Gasteiger partial charge >= 0.3 is 0 Å². The van der Waals surface area contributed by atoms with E-state index in [0.717, 1.165) is 5.56 Å². The minimum absolute atomic E-state index is 0.0795. The van der Waals surface area contributed by atoms with Crippen LogP contribution in [0.1, 0.15) is 22.0 Å². The van der Waals surface area contributed by atoms with Gasteiger partial charge in [-0.15, -0.1) is 0 Å². The van der Waals surface area contributed by atoms with Gasteiger partial charge in [-0.2, -0.15) is 0 Å². The van der Waals surface area contributed by atoms with Gasteiger partial charge in [-0.3, -0.25) is 4.79 Å². The molecule has 0 bridgehead atoms. The summed E-state index contributed by atoms with van der Waals surface area (Å²) in [5.41, 5.74) is 1.62. The first-order valence-corrected chi connectivity index (χ1v) is 7.71. The van der Waals surface area contributed by atoms with Gasteiger partial charge in [0.2, 0.25) is 6.79 Å². The van der Waals surface area contributed by atoms with Crippen molar-refractivity contribution in [1.82, 2.24) is 5.32 Å². The number of rotatable bonds is 4. The van der Waals surface area contributed by atoms with E-state index in [9.17, 15) is 4.79 Å². The van der Waals surface area contributed by atoms with Gasteiger partial charge in [0.25, 0.3) is 5.91 Å². The van der Waals surface area contributed by atoms with Crippen molar-refractivity contribution in [2.24, 2.45) is 0 Å². The molecule has 0 radical (unpaired) electrons. The van der Waals surface area contributed by atoms with Gasteiger partial charge in [-0.1, -0.05) is 46.3 Å². The van der Waals surface area contributed by atoms with Crippen LogP contribution in [0.15, 0.2) is 48.5 Å². The second kappa shape index (κ2) is 6.18. The van der Waals surface area contributed by atoms with E-state index in [4.69, 9.17) is 9.47 Å². The van der Waals surface area contributed by atoms with Crippen molar-refractivity contribution in [2.75, 3.05) is 12.1 Å². The Labute approximate surface area is 131 Å². The summed E-state index contributed by atoms with van der Waals surface area (Å²) in [6.07, 6.45) is 0. The first-order chi connectivity index (χ1) is 10.3. The summed E-state index contributed by atoms with van der Waals surface area (Å²) in [6, 6.07) is 15.0. The standard InChI is InChI=1S/C16H14BrNO3/c17-9-13(11-4-2-1-3-5-11)18-16(19)12-6-7-14-15(8-12)21-10-20-14/h1-8,13H,9-10H2,(H,18,19).